The van der Waals surface area contributed by atoms with E-state index in [1.165, 1.54) is 0 Å². The van der Waals surface area contributed by atoms with Crippen LogP contribution in [-0.4, -0.2) is 30.0 Å². The predicted molar refractivity (Wildman–Crippen MR) is 119 cm³/mol. The smallest absolute Gasteiger partial charge is 0.338 e. The lowest BCUT2D eigenvalue weighted by Gasteiger charge is -2.11. The van der Waals surface area contributed by atoms with E-state index in [-0.39, 0.29) is 5.97 Å². The maximum Gasteiger partial charge on any atom is 0.338 e. The van der Waals surface area contributed by atoms with Crippen molar-refractivity contribution in [2.75, 3.05) is 24.2 Å². The average Bonchev–Trinajstić information content (AvgIpc) is 2.66. The fraction of sp³-hybridized carbons (Fsp3) is 0.300. The van der Waals surface area contributed by atoms with E-state index >= 15 is 0 Å². The first kappa shape index (κ1) is 21.5. The standard InChI is InChI=1S/C20H23ClN2O2S2/c1-2-25-19(24)15-8-5-9-17(13-15)23-20(26)22-11-6-12-27-14-16-7-3-4-10-18(16)21/h3-5,7-10,13H,2,6,11-12,14H2,1H3,(H2,22,23,26). The molecule has 0 radical (unpaired) electrons. The lowest BCUT2D eigenvalue weighted by molar-refractivity contribution is 0.0526. The fourth-order valence-electron chi connectivity index (χ4n) is 2.29. The molecule has 0 atom stereocenters. The van der Waals surface area contributed by atoms with Crippen molar-refractivity contribution >= 4 is 52.3 Å². The highest BCUT2D eigenvalue weighted by atomic mass is 35.5. The maximum atomic E-state index is 11.8. The van der Waals surface area contributed by atoms with Crippen LogP contribution in [0.2, 0.25) is 5.02 Å². The molecule has 0 unspecified atom stereocenters. The van der Waals surface area contributed by atoms with Crippen LogP contribution in [0.1, 0.15) is 29.3 Å². The molecule has 2 rings (SSSR count). The monoisotopic (exact) mass is 422 g/mol. The summed E-state index contributed by atoms with van der Waals surface area (Å²) in [7, 11) is 0. The third-order valence-corrected chi connectivity index (χ3v) is 5.31. The Balaban J connectivity index is 1.65. The van der Waals surface area contributed by atoms with E-state index in [4.69, 9.17) is 28.6 Å². The Labute approximate surface area is 175 Å². The summed E-state index contributed by atoms with van der Waals surface area (Å²) < 4.78 is 5.00. The first-order chi connectivity index (χ1) is 13.1. The lowest BCUT2D eigenvalue weighted by atomic mass is 10.2. The molecule has 0 amide bonds. The van der Waals surface area contributed by atoms with E-state index in [0.717, 1.165) is 40.7 Å². The highest BCUT2D eigenvalue weighted by Gasteiger charge is 2.07. The van der Waals surface area contributed by atoms with E-state index in [0.29, 0.717) is 17.3 Å². The van der Waals surface area contributed by atoms with Gasteiger partial charge in [0, 0.05) is 23.0 Å². The number of esters is 1. The van der Waals surface area contributed by atoms with Crippen LogP contribution in [-0.2, 0) is 10.5 Å². The van der Waals surface area contributed by atoms with Crippen LogP contribution in [0.3, 0.4) is 0 Å². The second-order valence-corrected chi connectivity index (χ2v) is 7.60. The Morgan fingerprint density at radius 1 is 1.22 bits per heavy atom. The number of rotatable bonds is 9. The molecule has 0 aromatic heterocycles. The summed E-state index contributed by atoms with van der Waals surface area (Å²) in [6, 6.07) is 15.0. The Bertz CT molecular complexity index is 771. The molecule has 144 valence electrons. The normalized spacial score (nSPS) is 10.3. The Morgan fingerprint density at radius 2 is 2.04 bits per heavy atom. The molecule has 4 nitrogen and oxygen atoms in total. The molecule has 0 saturated heterocycles. The third kappa shape index (κ3) is 7.79. The first-order valence-corrected chi connectivity index (χ1v) is 10.7. The number of ether oxygens (including phenoxy) is 1. The van der Waals surface area contributed by atoms with Crippen LogP contribution in [0.15, 0.2) is 48.5 Å². The van der Waals surface area contributed by atoms with Gasteiger partial charge < -0.3 is 15.4 Å². The molecule has 2 aromatic rings. The van der Waals surface area contributed by atoms with Gasteiger partial charge in [0.1, 0.15) is 0 Å². The second-order valence-electron chi connectivity index (χ2n) is 5.68. The fourth-order valence-corrected chi connectivity index (χ4v) is 3.75. The van der Waals surface area contributed by atoms with Crippen molar-refractivity contribution in [1.29, 1.82) is 0 Å². The van der Waals surface area contributed by atoms with Crippen LogP contribution in [0.4, 0.5) is 5.69 Å². The molecule has 0 heterocycles. The van der Waals surface area contributed by atoms with Gasteiger partial charge in [0.25, 0.3) is 0 Å². The molecule has 0 spiro atoms. The molecule has 2 aromatic carbocycles. The molecular weight excluding hydrogens is 400 g/mol. The van der Waals surface area contributed by atoms with E-state index in [9.17, 15) is 4.79 Å². The molecular formula is C20H23ClN2O2S2. The molecule has 0 bridgehead atoms. The predicted octanol–water partition coefficient (Wildman–Crippen LogP) is 5.13. The van der Waals surface area contributed by atoms with Crippen molar-refractivity contribution in [2.24, 2.45) is 0 Å². The average molecular weight is 423 g/mol. The minimum absolute atomic E-state index is 0.337. The van der Waals surface area contributed by atoms with Gasteiger partial charge in [0.05, 0.1) is 12.2 Å². The summed E-state index contributed by atoms with van der Waals surface area (Å²) in [6.07, 6.45) is 0.986. The Hall–Kier alpha value is -1.76. The third-order valence-electron chi connectivity index (χ3n) is 3.60. The number of anilines is 1. The van der Waals surface area contributed by atoms with Crippen LogP contribution in [0.25, 0.3) is 0 Å². The second kappa shape index (κ2) is 11.8. The summed E-state index contributed by atoms with van der Waals surface area (Å²) in [4.78, 5) is 11.8. The zero-order valence-electron chi connectivity index (χ0n) is 15.2. The van der Waals surface area contributed by atoms with Gasteiger partial charge in [-0.1, -0.05) is 35.9 Å². The summed E-state index contributed by atoms with van der Waals surface area (Å²) in [5, 5.41) is 7.62. The summed E-state index contributed by atoms with van der Waals surface area (Å²) >= 11 is 13.3. The molecule has 0 saturated carbocycles. The minimum atomic E-state index is -0.337. The van der Waals surface area contributed by atoms with Gasteiger partial charge in [-0.15, -0.1) is 0 Å². The zero-order valence-corrected chi connectivity index (χ0v) is 17.6. The summed E-state index contributed by atoms with van der Waals surface area (Å²) in [6.45, 7) is 2.91. The highest BCUT2D eigenvalue weighted by Crippen LogP contribution is 2.20. The van der Waals surface area contributed by atoms with Gasteiger partial charge in [-0.25, -0.2) is 4.79 Å². The molecule has 7 heteroatoms. The number of benzene rings is 2. The largest absolute Gasteiger partial charge is 0.462 e. The van der Waals surface area contributed by atoms with Gasteiger partial charge in [-0.05, 0) is 61.1 Å². The van der Waals surface area contributed by atoms with Gasteiger partial charge >= 0.3 is 5.97 Å². The van der Waals surface area contributed by atoms with Crippen molar-refractivity contribution in [3.8, 4) is 0 Å². The number of thioether (sulfide) groups is 1. The minimum Gasteiger partial charge on any atom is -0.462 e. The number of halogens is 1. The van der Waals surface area contributed by atoms with Crippen molar-refractivity contribution in [2.45, 2.75) is 19.1 Å². The Morgan fingerprint density at radius 3 is 2.81 bits per heavy atom. The molecule has 0 aliphatic heterocycles. The van der Waals surface area contributed by atoms with Gasteiger partial charge in [0.15, 0.2) is 5.11 Å². The topological polar surface area (TPSA) is 50.4 Å². The van der Waals surface area contributed by atoms with E-state index < -0.39 is 0 Å². The number of hydrogen-bond acceptors (Lipinski definition) is 4. The van der Waals surface area contributed by atoms with Crippen LogP contribution < -0.4 is 10.6 Å². The van der Waals surface area contributed by atoms with E-state index in [1.807, 2.05) is 36.0 Å². The maximum absolute atomic E-state index is 11.8. The number of thiocarbonyl (C=S) groups is 1. The number of carbonyl (C=O) groups excluding carboxylic acids is 1. The number of hydrogen-bond donors (Lipinski definition) is 2. The SMILES string of the molecule is CCOC(=O)c1cccc(NC(=S)NCCCSCc2ccccc2Cl)c1. The molecule has 2 N–H and O–H groups in total. The van der Waals surface area contributed by atoms with Gasteiger partial charge in [0.2, 0.25) is 0 Å². The zero-order chi connectivity index (χ0) is 19.5. The lowest BCUT2D eigenvalue weighted by Crippen LogP contribution is -2.29. The van der Waals surface area contributed by atoms with Crippen LogP contribution in [0.5, 0.6) is 0 Å². The summed E-state index contributed by atoms with van der Waals surface area (Å²) in [5.41, 5.74) is 2.42. The van der Waals surface area contributed by atoms with Crippen molar-refractivity contribution < 1.29 is 9.53 Å². The van der Waals surface area contributed by atoms with E-state index in [2.05, 4.69) is 16.7 Å². The Kier molecular flexibility index (Phi) is 9.45. The summed E-state index contributed by atoms with van der Waals surface area (Å²) in [5.74, 6) is 1.58. The molecule has 0 aliphatic rings. The van der Waals surface area contributed by atoms with Crippen molar-refractivity contribution in [3.05, 3.63) is 64.7 Å². The molecule has 27 heavy (non-hydrogen) atoms. The quantitative estimate of drug-likeness (QED) is 0.332. The number of nitrogens with one attached hydrogen (secondary N) is 2. The van der Waals surface area contributed by atoms with Gasteiger partial charge in [-0.3, -0.25) is 0 Å². The molecule has 0 aliphatic carbocycles. The van der Waals surface area contributed by atoms with Crippen molar-refractivity contribution in [1.82, 2.24) is 5.32 Å². The van der Waals surface area contributed by atoms with Gasteiger partial charge in [-0.2, -0.15) is 11.8 Å². The van der Waals surface area contributed by atoms with Crippen LogP contribution >= 0.6 is 35.6 Å². The van der Waals surface area contributed by atoms with Crippen LogP contribution in [0, 0.1) is 0 Å². The number of carbonyl (C=O) groups is 1. The highest BCUT2D eigenvalue weighted by molar-refractivity contribution is 7.98. The molecule has 0 fully saturated rings. The van der Waals surface area contributed by atoms with E-state index in [1.54, 1.807) is 25.1 Å². The first-order valence-electron chi connectivity index (χ1n) is 8.73. The van der Waals surface area contributed by atoms with Crippen molar-refractivity contribution in [3.63, 3.8) is 0 Å².